The van der Waals surface area contributed by atoms with Crippen molar-refractivity contribution in [2.45, 2.75) is 75.9 Å². The van der Waals surface area contributed by atoms with Gasteiger partial charge < -0.3 is 5.32 Å². The van der Waals surface area contributed by atoms with Crippen molar-refractivity contribution in [2.24, 2.45) is 5.92 Å². The first-order chi connectivity index (χ1) is 10.2. The van der Waals surface area contributed by atoms with E-state index in [1.807, 2.05) is 0 Å². The summed E-state index contributed by atoms with van der Waals surface area (Å²) in [5, 5.41) is 11.8. The summed E-state index contributed by atoms with van der Waals surface area (Å²) in [6, 6.07) is 0.532. The maximum absolute atomic E-state index is 11.8. The van der Waals surface area contributed by atoms with Crippen LogP contribution in [0.1, 0.15) is 52.9 Å². The standard InChI is InChI=1S/C15H28N4OS/c1-4-9-19-14(20)17-18-15(19)21-13-10-11(5-2)7-8-12(13)16-6-3/h11-13,16H,4-10H2,1-3H3,(H,17,20). The summed E-state index contributed by atoms with van der Waals surface area (Å²) in [5.41, 5.74) is -0.0813. The molecule has 1 aliphatic carbocycles. The highest BCUT2D eigenvalue weighted by Crippen LogP contribution is 2.36. The fraction of sp³-hybridized carbons (Fsp3) is 0.867. The molecule has 6 heteroatoms. The minimum atomic E-state index is -0.0813. The van der Waals surface area contributed by atoms with Crippen molar-refractivity contribution in [3.63, 3.8) is 0 Å². The predicted octanol–water partition coefficient (Wildman–Crippen LogP) is 2.63. The van der Waals surface area contributed by atoms with Crippen molar-refractivity contribution in [1.29, 1.82) is 0 Å². The molecule has 2 N–H and O–H groups in total. The Morgan fingerprint density at radius 2 is 2.19 bits per heavy atom. The lowest BCUT2D eigenvalue weighted by Gasteiger charge is -2.35. The molecule has 1 aromatic rings. The van der Waals surface area contributed by atoms with Crippen LogP contribution in [-0.2, 0) is 6.54 Å². The van der Waals surface area contributed by atoms with Crippen molar-refractivity contribution >= 4 is 11.8 Å². The van der Waals surface area contributed by atoms with Gasteiger partial charge in [0.2, 0.25) is 0 Å². The van der Waals surface area contributed by atoms with E-state index in [9.17, 15) is 4.79 Å². The quantitative estimate of drug-likeness (QED) is 0.812. The first kappa shape index (κ1) is 16.6. The largest absolute Gasteiger partial charge is 0.343 e. The van der Waals surface area contributed by atoms with Crippen molar-refractivity contribution < 1.29 is 0 Å². The molecule has 0 aromatic carbocycles. The number of hydrogen-bond acceptors (Lipinski definition) is 4. The average molecular weight is 312 g/mol. The van der Waals surface area contributed by atoms with Gasteiger partial charge in [0.05, 0.1) is 0 Å². The monoisotopic (exact) mass is 312 g/mol. The Morgan fingerprint density at radius 1 is 1.38 bits per heavy atom. The molecule has 0 bridgehead atoms. The zero-order valence-electron chi connectivity index (χ0n) is 13.4. The van der Waals surface area contributed by atoms with Crippen LogP contribution >= 0.6 is 11.8 Å². The molecule has 5 nitrogen and oxygen atoms in total. The van der Waals surface area contributed by atoms with Gasteiger partial charge in [-0.3, -0.25) is 4.57 Å². The number of rotatable bonds is 7. The Bertz CT molecular complexity index is 484. The van der Waals surface area contributed by atoms with Crippen LogP contribution in [-0.4, -0.2) is 32.6 Å². The highest BCUT2D eigenvalue weighted by Gasteiger charge is 2.31. The normalized spacial score (nSPS) is 26.1. The number of aromatic amines is 1. The molecule has 0 radical (unpaired) electrons. The van der Waals surface area contributed by atoms with Crippen molar-refractivity contribution in [2.75, 3.05) is 6.54 Å². The molecule has 120 valence electrons. The van der Waals surface area contributed by atoms with Crippen LogP contribution in [0.4, 0.5) is 0 Å². The zero-order valence-corrected chi connectivity index (χ0v) is 14.2. The first-order valence-corrected chi connectivity index (χ1v) is 9.12. The number of nitrogens with one attached hydrogen (secondary N) is 2. The fourth-order valence-corrected chi connectivity index (χ4v) is 4.59. The lowest BCUT2D eigenvalue weighted by molar-refractivity contribution is 0.297. The third-order valence-corrected chi connectivity index (χ3v) is 5.72. The fourth-order valence-electron chi connectivity index (χ4n) is 3.16. The number of aromatic nitrogens is 3. The van der Waals surface area contributed by atoms with Crippen molar-refractivity contribution in [3.8, 4) is 0 Å². The summed E-state index contributed by atoms with van der Waals surface area (Å²) < 4.78 is 1.78. The van der Waals surface area contributed by atoms with Gasteiger partial charge in [-0.15, -0.1) is 5.10 Å². The van der Waals surface area contributed by atoms with Crippen LogP contribution in [0.3, 0.4) is 0 Å². The van der Waals surface area contributed by atoms with Gasteiger partial charge in [-0.25, -0.2) is 9.89 Å². The molecule has 0 amide bonds. The molecule has 1 aliphatic rings. The number of nitrogens with zero attached hydrogens (tertiary/aromatic N) is 2. The third kappa shape index (κ3) is 4.13. The molecule has 0 aliphatic heterocycles. The van der Waals surface area contributed by atoms with Gasteiger partial charge in [-0.05, 0) is 38.1 Å². The van der Waals surface area contributed by atoms with Crippen molar-refractivity contribution in [1.82, 2.24) is 20.1 Å². The Labute approximate surface area is 131 Å². The van der Waals surface area contributed by atoms with E-state index >= 15 is 0 Å². The van der Waals surface area contributed by atoms with E-state index in [0.29, 0.717) is 11.3 Å². The van der Waals surface area contributed by atoms with E-state index in [1.165, 1.54) is 25.7 Å². The van der Waals surface area contributed by atoms with Crippen LogP contribution in [0.2, 0.25) is 0 Å². The van der Waals surface area contributed by atoms with E-state index in [0.717, 1.165) is 30.6 Å². The highest BCUT2D eigenvalue weighted by atomic mass is 32.2. The molecule has 1 saturated carbocycles. The molecule has 3 atom stereocenters. The van der Waals surface area contributed by atoms with Gasteiger partial charge in [0.1, 0.15) is 0 Å². The topological polar surface area (TPSA) is 62.7 Å². The first-order valence-electron chi connectivity index (χ1n) is 8.24. The van der Waals surface area contributed by atoms with Crippen LogP contribution in [0.25, 0.3) is 0 Å². The Hall–Kier alpha value is -0.750. The SMILES string of the molecule is CCCn1c(SC2CC(CC)CCC2NCC)n[nH]c1=O. The summed E-state index contributed by atoms with van der Waals surface area (Å²) in [5.74, 6) is 0.808. The predicted molar refractivity (Wildman–Crippen MR) is 87.9 cm³/mol. The number of hydrogen-bond donors (Lipinski definition) is 2. The lowest BCUT2D eigenvalue weighted by atomic mass is 9.84. The van der Waals surface area contributed by atoms with E-state index in [4.69, 9.17) is 0 Å². The maximum atomic E-state index is 11.8. The molecule has 0 saturated heterocycles. The Morgan fingerprint density at radius 3 is 2.86 bits per heavy atom. The molecule has 0 spiro atoms. The van der Waals surface area contributed by atoms with Crippen molar-refractivity contribution in [3.05, 3.63) is 10.5 Å². The summed E-state index contributed by atoms with van der Waals surface area (Å²) in [6.45, 7) is 8.27. The van der Waals surface area contributed by atoms with Gasteiger partial charge >= 0.3 is 5.69 Å². The summed E-state index contributed by atoms with van der Waals surface area (Å²) in [7, 11) is 0. The third-order valence-electron chi connectivity index (χ3n) is 4.37. The molecule has 21 heavy (non-hydrogen) atoms. The van der Waals surface area contributed by atoms with E-state index in [2.05, 4.69) is 36.3 Å². The summed E-state index contributed by atoms with van der Waals surface area (Å²) >= 11 is 1.78. The zero-order chi connectivity index (χ0) is 15.2. The summed E-state index contributed by atoms with van der Waals surface area (Å²) in [4.78, 5) is 11.8. The molecule has 1 heterocycles. The minimum Gasteiger partial charge on any atom is -0.313 e. The molecular weight excluding hydrogens is 284 g/mol. The Balaban J connectivity index is 2.11. The molecular formula is C15H28N4OS. The van der Waals surface area contributed by atoms with Crippen LogP contribution < -0.4 is 11.0 Å². The molecule has 1 fully saturated rings. The molecule has 3 unspecified atom stereocenters. The number of H-pyrrole nitrogens is 1. The van der Waals surface area contributed by atoms with Gasteiger partial charge in [0.15, 0.2) is 5.16 Å². The van der Waals surface area contributed by atoms with E-state index < -0.39 is 0 Å². The van der Waals surface area contributed by atoms with Crippen LogP contribution in [0, 0.1) is 5.92 Å². The Kier molecular flexibility index (Phi) is 6.36. The second kappa shape index (κ2) is 8.03. The minimum absolute atomic E-state index is 0.0813. The van der Waals surface area contributed by atoms with Gasteiger partial charge in [0, 0.05) is 17.8 Å². The van der Waals surface area contributed by atoms with Gasteiger partial charge in [0.25, 0.3) is 0 Å². The van der Waals surface area contributed by atoms with Gasteiger partial charge in [-0.1, -0.05) is 39.0 Å². The highest BCUT2D eigenvalue weighted by molar-refractivity contribution is 7.99. The van der Waals surface area contributed by atoms with Crippen LogP contribution in [0.5, 0.6) is 0 Å². The van der Waals surface area contributed by atoms with E-state index in [1.54, 1.807) is 16.3 Å². The lowest BCUT2D eigenvalue weighted by Crippen LogP contribution is -2.42. The smallest absolute Gasteiger partial charge is 0.313 e. The van der Waals surface area contributed by atoms with Gasteiger partial charge in [-0.2, -0.15) is 0 Å². The molecule has 1 aromatic heterocycles. The van der Waals surface area contributed by atoms with Crippen LogP contribution in [0.15, 0.2) is 9.95 Å². The second-order valence-corrected chi connectivity index (χ2v) is 7.08. The maximum Gasteiger partial charge on any atom is 0.343 e. The molecule has 2 rings (SSSR count). The van der Waals surface area contributed by atoms with E-state index in [-0.39, 0.29) is 5.69 Å². The number of thioether (sulfide) groups is 1. The second-order valence-electron chi connectivity index (χ2n) is 5.87. The summed E-state index contributed by atoms with van der Waals surface area (Å²) in [6.07, 6.45) is 5.95. The average Bonchev–Trinajstić information content (AvgIpc) is 2.83.